The number of nitrogens with zero attached hydrogens (tertiary/aromatic N) is 1. The highest BCUT2D eigenvalue weighted by molar-refractivity contribution is 7.89. The van der Waals surface area contributed by atoms with Crippen LogP contribution in [0.3, 0.4) is 0 Å². The largest absolute Gasteiger partial charge is 0.242 e. The van der Waals surface area contributed by atoms with E-state index in [2.05, 4.69) is 4.72 Å². The first-order chi connectivity index (χ1) is 9.42. The summed E-state index contributed by atoms with van der Waals surface area (Å²) in [5, 5.41) is 10.6. The van der Waals surface area contributed by atoms with Crippen molar-refractivity contribution in [2.45, 2.75) is 30.7 Å². The zero-order valence-corrected chi connectivity index (χ0v) is 12.2. The Morgan fingerprint density at radius 3 is 2.50 bits per heavy atom. The normalized spacial score (nSPS) is 14.7. The number of hydrogen-bond acceptors (Lipinski definition) is 3. The van der Waals surface area contributed by atoms with Crippen LogP contribution in [0.1, 0.15) is 20.3 Å². The van der Waals surface area contributed by atoms with E-state index in [1.54, 1.807) is 38.1 Å². The van der Waals surface area contributed by atoms with Gasteiger partial charge in [-0.15, -0.1) is 0 Å². The fourth-order valence-electron chi connectivity index (χ4n) is 1.96. The van der Waals surface area contributed by atoms with Gasteiger partial charge in [-0.25, -0.2) is 8.42 Å². The molecule has 2 aromatic carbocycles. The molecule has 1 unspecified atom stereocenters. The summed E-state index contributed by atoms with van der Waals surface area (Å²) in [5.74, 6) is 0. The van der Waals surface area contributed by atoms with Crippen molar-refractivity contribution >= 4 is 20.8 Å². The second-order valence-electron chi connectivity index (χ2n) is 4.88. The van der Waals surface area contributed by atoms with Gasteiger partial charge in [0.15, 0.2) is 0 Å². The second kappa shape index (κ2) is 5.23. The summed E-state index contributed by atoms with van der Waals surface area (Å²) in [5.41, 5.74) is -1.10. The minimum Gasteiger partial charge on any atom is -0.207 e. The number of sulfonamides is 1. The lowest BCUT2D eigenvalue weighted by atomic mass is 10.0. The van der Waals surface area contributed by atoms with Crippen LogP contribution in [0.4, 0.5) is 0 Å². The monoisotopic (exact) mass is 288 g/mol. The molecule has 1 atom stereocenters. The van der Waals surface area contributed by atoms with Gasteiger partial charge >= 0.3 is 0 Å². The van der Waals surface area contributed by atoms with Crippen LogP contribution in [0, 0.1) is 11.3 Å². The van der Waals surface area contributed by atoms with Gasteiger partial charge in [-0.1, -0.05) is 43.3 Å². The van der Waals surface area contributed by atoms with Crippen molar-refractivity contribution in [3.05, 3.63) is 42.5 Å². The third kappa shape index (κ3) is 2.67. The maximum atomic E-state index is 12.5. The third-order valence-corrected chi connectivity index (χ3v) is 5.01. The summed E-state index contributed by atoms with van der Waals surface area (Å²) in [6, 6.07) is 14.4. The first-order valence-corrected chi connectivity index (χ1v) is 7.83. The molecule has 0 radical (unpaired) electrons. The van der Waals surface area contributed by atoms with E-state index in [-0.39, 0.29) is 4.90 Å². The van der Waals surface area contributed by atoms with Gasteiger partial charge in [-0.2, -0.15) is 9.98 Å². The van der Waals surface area contributed by atoms with Crippen molar-refractivity contribution in [2.24, 2.45) is 0 Å². The van der Waals surface area contributed by atoms with Gasteiger partial charge in [0.05, 0.1) is 11.0 Å². The molecule has 0 saturated heterocycles. The molecule has 0 bridgehead atoms. The zero-order valence-electron chi connectivity index (χ0n) is 11.4. The van der Waals surface area contributed by atoms with Crippen LogP contribution in [0.5, 0.6) is 0 Å². The van der Waals surface area contributed by atoms with E-state index >= 15 is 0 Å². The fraction of sp³-hybridized carbons (Fsp3) is 0.267. The third-order valence-electron chi connectivity index (χ3n) is 3.35. The summed E-state index contributed by atoms with van der Waals surface area (Å²) in [4.78, 5) is 0.200. The topological polar surface area (TPSA) is 70.0 Å². The quantitative estimate of drug-likeness (QED) is 0.940. The second-order valence-corrected chi connectivity index (χ2v) is 6.53. The molecule has 1 N–H and O–H groups in total. The first kappa shape index (κ1) is 14.5. The number of benzene rings is 2. The highest BCUT2D eigenvalue weighted by Crippen LogP contribution is 2.24. The number of fused-ring (bicyclic) bond motifs is 1. The number of nitriles is 1. The highest BCUT2D eigenvalue weighted by Gasteiger charge is 2.29. The molecule has 0 saturated carbocycles. The molecule has 0 heterocycles. The fourth-order valence-corrected chi connectivity index (χ4v) is 3.58. The molecule has 2 rings (SSSR count). The van der Waals surface area contributed by atoms with Gasteiger partial charge in [0, 0.05) is 5.39 Å². The number of nitrogens with one attached hydrogen (secondary N) is 1. The van der Waals surface area contributed by atoms with Gasteiger partial charge in [-0.05, 0) is 24.8 Å². The van der Waals surface area contributed by atoms with E-state index in [1.807, 2.05) is 24.3 Å². The Morgan fingerprint density at radius 1 is 1.20 bits per heavy atom. The van der Waals surface area contributed by atoms with E-state index in [1.165, 1.54) is 0 Å². The Hall–Kier alpha value is -1.90. The predicted octanol–water partition coefficient (Wildman–Crippen LogP) is 2.81. The summed E-state index contributed by atoms with van der Waals surface area (Å²) in [7, 11) is -3.74. The van der Waals surface area contributed by atoms with Gasteiger partial charge in [0.1, 0.15) is 5.54 Å². The van der Waals surface area contributed by atoms with Crippen LogP contribution in [0.25, 0.3) is 10.8 Å². The molecule has 0 aliphatic rings. The molecule has 20 heavy (non-hydrogen) atoms. The summed E-state index contributed by atoms with van der Waals surface area (Å²) in [6.45, 7) is 3.35. The molecule has 5 heteroatoms. The first-order valence-electron chi connectivity index (χ1n) is 6.35. The zero-order chi connectivity index (χ0) is 14.8. The summed E-state index contributed by atoms with van der Waals surface area (Å²) in [6.07, 6.45) is 0.396. The van der Waals surface area contributed by atoms with Gasteiger partial charge in [-0.3, -0.25) is 0 Å². The predicted molar refractivity (Wildman–Crippen MR) is 78.6 cm³/mol. The average molecular weight is 288 g/mol. The number of hydrogen-bond donors (Lipinski definition) is 1. The smallest absolute Gasteiger partial charge is 0.207 e. The van der Waals surface area contributed by atoms with Crippen LogP contribution in [0.2, 0.25) is 0 Å². The average Bonchev–Trinajstić information content (AvgIpc) is 2.46. The molecule has 0 fully saturated rings. The Kier molecular flexibility index (Phi) is 3.80. The van der Waals surface area contributed by atoms with Gasteiger partial charge < -0.3 is 0 Å². The van der Waals surface area contributed by atoms with E-state index in [9.17, 15) is 8.42 Å². The lowest BCUT2D eigenvalue weighted by molar-refractivity contribution is 0.495. The Morgan fingerprint density at radius 2 is 1.85 bits per heavy atom. The minimum absolute atomic E-state index is 0.200. The van der Waals surface area contributed by atoms with Crippen LogP contribution in [-0.4, -0.2) is 14.0 Å². The van der Waals surface area contributed by atoms with Gasteiger partial charge in [0.25, 0.3) is 0 Å². The SMILES string of the molecule is CCC(C)(C#N)NS(=O)(=O)c1cccc2ccccc12. The van der Waals surface area contributed by atoms with Crippen molar-refractivity contribution in [1.29, 1.82) is 5.26 Å². The Bertz CT molecular complexity index is 773. The molecular formula is C15H16N2O2S. The lowest BCUT2D eigenvalue weighted by Crippen LogP contribution is -2.44. The maximum Gasteiger partial charge on any atom is 0.242 e. The molecule has 0 spiro atoms. The molecule has 0 amide bonds. The van der Waals surface area contributed by atoms with Crippen LogP contribution in [0.15, 0.2) is 47.4 Å². The molecule has 2 aromatic rings. The van der Waals surface area contributed by atoms with E-state index in [4.69, 9.17) is 5.26 Å². The van der Waals surface area contributed by atoms with Crippen LogP contribution in [-0.2, 0) is 10.0 Å². The van der Waals surface area contributed by atoms with Gasteiger partial charge in [0.2, 0.25) is 10.0 Å². The molecule has 104 valence electrons. The van der Waals surface area contributed by atoms with E-state index in [0.29, 0.717) is 11.8 Å². The van der Waals surface area contributed by atoms with Crippen molar-refractivity contribution in [3.63, 3.8) is 0 Å². The Balaban J connectivity index is 2.56. The highest BCUT2D eigenvalue weighted by atomic mass is 32.2. The van der Waals surface area contributed by atoms with Crippen LogP contribution < -0.4 is 4.72 Å². The molecule has 0 aliphatic heterocycles. The number of rotatable bonds is 4. The molecular weight excluding hydrogens is 272 g/mol. The van der Waals surface area contributed by atoms with Crippen molar-refractivity contribution in [2.75, 3.05) is 0 Å². The van der Waals surface area contributed by atoms with E-state index < -0.39 is 15.6 Å². The van der Waals surface area contributed by atoms with Crippen LogP contribution >= 0.6 is 0 Å². The standard InChI is InChI=1S/C15H16N2O2S/c1-3-15(2,11-16)17-20(18,19)14-10-6-8-12-7-4-5-9-13(12)14/h4-10,17H,3H2,1-2H3. The van der Waals surface area contributed by atoms with Crippen molar-refractivity contribution in [3.8, 4) is 6.07 Å². The lowest BCUT2D eigenvalue weighted by Gasteiger charge is -2.21. The van der Waals surface area contributed by atoms with Crippen molar-refractivity contribution in [1.82, 2.24) is 4.72 Å². The molecule has 4 nitrogen and oxygen atoms in total. The Labute approximate surface area is 119 Å². The maximum absolute atomic E-state index is 12.5. The van der Waals surface area contributed by atoms with E-state index in [0.717, 1.165) is 5.39 Å². The molecule has 0 aromatic heterocycles. The summed E-state index contributed by atoms with van der Waals surface area (Å²) >= 11 is 0. The van der Waals surface area contributed by atoms with Crippen molar-refractivity contribution < 1.29 is 8.42 Å². The molecule has 0 aliphatic carbocycles. The minimum atomic E-state index is -3.74. The summed E-state index contributed by atoms with van der Waals surface area (Å²) < 4.78 is 27.5.